The number of aromatic nitrogens is 1. The third-order valence-corrected chi connectivity index (χ3v) is 2.41. The lowest BCUT2D eigenvalue weighted by molar-refractivity contribution is 0.0691. The quantitative estimate of drug-likeness (QED) is 0.875. The number of aromatic carboxylic acids is 1. The van der Waals surface area contributed by atoms with Gasteiger partial charge < -0.3 is 14.8 Å². The van der Waals surface area contributed by atoms with Gasteiger partial charge in [0.1, 0.15) is 5.82 Å². The van der Waals surface area contributed by atoms with Crippen LogP contribution < -0.4 is 5.32 Å². The highest BCUT2D eigenvalue weighted by atomic mass is 35.5. The fourth-order valence-corrected chi connectivity index (χ4v) is 1.46. The van der Waals surface area contributed by atoms with Crippen LogP contribution in [-0.2, 0) is 6.54 Å². The van der Waals surface area contributed by atoms with Crippen LogP contribution in [0.1, 0.15) is 16.1 Å². The number of rotatable bonds is 4. The van der Waals surface area contributed by atoms with E-state index in [1.807, 2.05) is 0 Å². The number of hydrogen-bond acceptors (Lipinski definition) is 4. The molecular weight excluding hydrogens is 244 g/mol. The van der Waals surface area contributed by atoms with Gasteiger partial charge in [-0.25, -0.2) is 9.78 Å². The normalized spacial score (nSPS) is 10.2. The molecule has 2 aromatic heterocycles. The number of carboxylic acids is 1. The van der Waals surface area contributed by atoms with Crippen LogP contribution in [0.2, 0.25) is 5.02 Å². The Bertz CT molecular complexity index is 526. The Hall–Kier alpha value is -2.01. The maximum absolute atomic E-state index is 10.8. The second-order valence-corrected chi connectivity index (χ2v) is 3.72. The molecule has 5 nitrogen and oxygen atoms in total. The van der Waals surface area contributed by atoms with Crippen molar-refractivity contribution in [1.29, 1.82) is 0 Å². The van der Waals surface area contributed by atoms with E-state index >= 15 is 0 Å². The molecule has 0 radical (unpaired) electrons. The summed E-state index contributed by atoms with van der Waals surface area (Å²) in [6.07, 6.45) is 3.16. The first kappa shape index (κ1) is 11.5. The number of hydrogen-bond donors (Lipinski definition) is 2. The Labute approximate surface area is 102 Å². The molecule has 6 heteroatoms. The lowest BCUT2D eigenvalue weighted by Crippen LogP contribution is -2.06. The smallest absolute Gasteiger partial charge is 0.356 e. The number of carboxylic acid groups (broad SMARTS) is 1. The molecule has 0 saturated carbocycles. The Morgan fingerprint density at radius 1 is 1.47 bits per heavy atom. The van der Waals surface area contributed by atoms with Gasteiger partial charge in [0.2, 0.25) is 0 Å². The summed E-state index contributed by atoms with van der Waals surface area (Å²) in [7, 11) is 0. The molecule has 0 aliphatic rings. The fraction of sp³-hybridized carbons (Fsp3) is 0.0909. The van der Waals surface area contributed by atoms with E-state index in [4.69, 9.17) is 21.1 Å². The first-order chi connectivity index (χ1) is 8.16. The molecule has 2 heterocycles. The summed E-state index contributed by atoms with van der Waals surface area (Å²) in [4.78, 5) is 14.7. The van der Waals surface area contributed by atoms with E-state index in [-0.39, 0.29) is 10.7 Å². The zero-order valence-corrected chi connectivity index (χ0v) is 9.44. The van der Waals surface area contributed by atoms with Gasteiger partial charge in [0, 0.05) is 12.1 Å². The van der Waals surface area contributed by atoms with E-state index in [0.717, 1.165) is 5.56 Å². The van der Waals surface area contributed by atoms with Gasteiger partial charge in [-0.05, 0) is 18.2 Å². The molecule has 0 aromatic carbocycles. The summed E-state index contributed by atoms with van der Waals surface area (Å²) < 4.78 is 4.91. The molecule has 2 N–H and O–H groups in total. The number of anilines is 1. The Balaban J connectivity index is 2.11. The highest BCUT2D eigenvalue weighted by molar-refractivity contribution is 6.33. The van der Waals surface area contributed by atoms with Crippen molar-refractivity contribution in [3.05, 3.63) is 47.0 Å². The van der Waals surface area contributed by atoms with E-state index in [9.17, 15) is 4.79 Å². The van der Waals surface area contributed by atoms with Gasteiger partial charge in [-0.3, -0.25) is 0 Å². The molecule has 0 bridgehead atoms. The van der Waals surface area contributed by atoms with Crippen molar-refractivity contribution in [2.24, 2.45) is 0 Å². The molecule has 0 atom stereocenters. The van der Waals surface area contributed by atoms with Crippen molar-refractivity contribution in [2.75, 3.05) is 5.32 Å². The SMILES string of the molecule is O=C(O)c1nc(NCc2ccoc2)ccc1Cl. The van der Waals surface area contributed by atoms with Crippen molar-refractivity contribution >= 4 is 23.4 Å². The molecule has 0 saturated heterocycles. The minimum Gasteiger partial charge on any atom is -0.476 e. The maximum Gasteiger partial charge on any atom is 0.356 e. The van der Waals surface area contributed by atoms with E-state index in [1.165, 1.54) is 6.07 Å². The van der Waals surface area contributed by atoms with Crippen molar-refractivity contribution in [3.8, 4) is 0 Å². The van der Waals surface area contributed by atoms with Crippen molar-refractivity contribution < 1.29 is 14.3 Å². The van der Waals surface area contributed by atoms with E-state index in [1.54, 1.807) is 24.7 Å². The average Bonchev–Trinajstić information content (AvgIpc) is 2.80. The first-order valence-corrected chi connectivity index (χ1v) is 5.19. The lowest BCUT2D eigenvalue weighted by atomic mass is 10.3. The molecule has 0 fully saturated rings. The van der Waals surface area contributed by atoms with Gasteiger partial charge in [-0.1, -0.05) is 11.6 Å². The zero-order chi connectivity index (χ0) is 12.3. The number of nitrogens with one attached hydrogen (secondary N) is 1. The fourth-order valence-electron chi connectivity index (χ4n) is 1.28. The van der Waals surface area contributed by atoms with Crippen LogP contribution in [0.3, 0.4) is 0 Å². The topological polar surface area (TPSA) is 75.4 Å². The summed E-state index contributed by atoms with van der Waals surface area (Å²) in [6, 6.07) is 4.92. The number of nitrogens with zero attached hydrogens (tertiary/aromatic N) is 1. The summed E-state index contributed by atoms with van der Waals surface area (Å²) in [5, 5.41) is 11.9. The van der Waals surface area contributed by atoms with Crippen molar-refractivity contribution in [1.82, 2.24) is 4.98 Å². The lowest BCUT2D eigenvalue weighted by Gasteiger charge is -2.05. The summed E-state index contributed by atoms with van der Waals surface area (Å²) in [5.41, 5.74) is 0.780. The third kappa shape index (κ3) is 2.76. The van der Waals surface area contributed by atoms with Crippen LogP contribution in [0.5, 0.6) is 0 Å². The van der Waals surface area contributed by atoms with Gasteiger partial charge in [-0.15, -0.1) is 0 Å². The highest BCUT2D eigenvalue weighted by Gasteiger charge is 2.11. The van der Waals surface area contributed by atoms with Crippen molar-refractivity contribution in [3.63, 3.8) is 0 Å². The first-order valence-electron chi connectivity index (χ1n) is 4.81. The van der Waals surface area contributed by atoms with Crippen LogP contribution in [0, 0.1) is 0 Å². The number of carbonyl (C=O) groups is 1. The summed E-state index contributed by atoms with van der Waals surface area (Å²) in [5.74, 6) is -0.699. The Morgan fingerprint density at radius 3 is 2.94 bits per heavy atom. The van der Waals surface area contributed by atoms with Gasteiger partial charge in [0.05, 0.1) is 17.5 Å². The minimum absolute atomic E-state index is 0.117. The molecule has 0 aliphatic heterocycles. The molecule has 2 aromatic rings. The number of halogens is 1. The summed E-state index contributed by atoms with van der Waals surface area (Å²) in [6.45, 7) is 0.504. The second kappa shape index (κ2) is 4.88. The average molecular weight is 253 g/mol. The third-order valence-electron chi connectivity index (χ3n) is 2.10. The molecule has 17 heavy (non-hydrogen) atoms. The molecule has 0 amide bonds. The van der Waals surface area contributed by atoms with Gasteiger partial charge in [0.15, 0.2) is 5.69 Å². The van der Waals surface area contributed by atoms with E-state index in [0.29, 0.717) is 12.4 Å². The van der Waals surface area contributed by atoms with Gasteiger partial charge in [-0.2, -0.15) is 0 Å². The monoisotopic (exact) mass is 252 g/mol. The van der Waals surface area contributed by atoms with Crippen molar-refractivity contribution in [2.45, 2.75) is 6.54 Å². The minimum atomic E-state index is -1.15. The standard InChI is InChI=1S/C11H9ClN2O3/c12-8-1-2-9(14-10(8)11(15)16)13-5-7-3-4-17-6-7/h1-4,6H,5H2,(H,13,14)(H,15,16). The molecule has 88 valence electrons. The van der Waals surface area contributed by atoms with Gasteiger partial charge in [0.25, 0.3) is 0 Å². The van der Waals surface area contributed by atoms with E-state index < -0.39 is 5.97 Å². The van der Waals surface area contributed by atoms with Gasteiger partial charge >= 0.3 is 5.97 Å². The predicted molar refractivity (Wildman–Crippen MR) is 62.2 cm³/mol. The molecule has 2 rings (SSSR count). The molecule has 0 aliphatic carbocycles. The largest absolute Gasteiger partial charge is 0.476 e. The summed E-state index contributed by atoms with van der Waals surface area (Å²) >= 11 is 5.70. The highest BCUT2D eigenvalue weighted by Crippen LogP contribution is 2.17. The van der Waals surface area contributed by atoms with Crippen LogP contribution in [-0.4, -0.2) is 16.1 Å². The Morgan fingerprint density at radius 2 is 2.29 bits per heavy atom. The maximum atomic E-state index is 10.8. The van der Waals surface area contributed by atoms with Crippen LogP contribution >= 0.6 is 11.6 Å². The van der Waals surface area contributed by atoms with E-state index in [2.05, 4.69) is 10.3 Å². The molecule has 0 unspecified atom stereocenters. The van der Waals surface area contributed by atoms with Crippen LogP contribution in [0.15, 0.2) is 35.1 Å². The van der Waals surface area contributed by atoms with Crippen LogP contribution in [0.4, 0.5) is 5.82 Å². The second-order valence-electron chi connectivity index (χ2n) is 3.32. The zero-order valence-electron chi connectivity index (χ0n) is 8.68. The Kier molecular flexibility index (Phi) is 3.30. The predicted octanol–water partition coefficient (Wildman–Crippen LogP) is 2.64. The number of pyridine rings is 1. The number of furan rings is 1. The molecule has 0 spiro atoms. The molecular formula is C11H9ClN2O3. The van der Waals surface area contributed by atoms with Crippen LogP contribution in [0.25, 0.3) is 0 Å².